The van der Waals surface area contributed by atoms with Crippen LogP contribution in [0.3, 0.4) is 0 Å². The number of hydrogen-bond acceptors (Lipinski definition) is 6. The molecule has 2 heterocycles. The maximum absolute atomic E-state index is 11.4. The predicted octanol–water partition coefficient (Wildman–Crippen LogP) is 0.227. The largest absolute Gasteiger partial charge is 0.366 e. The van der Waals surface area contributed by atoms with Crippen LogP contribution in [0, 0.1) is 6.92 Å². The minimum atomic E-state index is -0.517. The molecule has 0 aliphatic rings. The van der Waals surface area contributed by atoms with E-state index in [-0.39, 0.29) is 0 Å². The van der Waals surface area contributed by atoms with E-state index in [1.807, 2.05) is 14.0 Å². The van der Waals surface area contributed by atoms with Crippen molar-refractivity contribution in [2.24, 2.45) is 18.5 Å². The number of rotatable bonds is 4. The Morgan fingerprint density at radius 3 is 2.74 bits per heavy atom. The molecule has 1 amide bonds. The lowest BCUT2D eigenvalue weighted by molar-refractivity contribution is 0.0997. The van der Waals surface area contributed by atoms with Crippen LogP contribution in [-0.4, -0.2) is 25.7 Å². The van der Waals surface area contributed by atoms with Crippen molar-refractivity contribution in [3.8, 4) is 0 Å². The van der Waals surface area contributed by atoms with Crippen LogP contribution < -0.4 is 11.5 Å². The molecule has 0 aliphatic heterocycles. The molecule has 0 saturated heterocycles. The van der Waals surface area contributed by atoms with Gasteiger partial charge in [0.05, 0.1) is 12.1 Å². The maximum Gasteiger partial charge on any atom is 0.251 e. The van der Waals surface area contributed by atoms with Gasteiger partial charge in [0.25, 0.3) is 5.91 Å². The van der Waals surface area contributed by atoms with Gasteiger partial charge in [-0.2, -0.15) is 0 Å². The Morgan fingerprint density at radius 2 is 2.16 bits per heavy atom. The summed E-state index contributed by atoms with van der Waals surface area (Å²) in [5.41, 5.74) is 12.0. The molecule has 2 aromatic rings. The predicted molar refractivity (Wildman–Crippen MR) is 70.5 cm³/mol. The molecule has 0 spiro atoms. The lowest BCUT2D eigenvalue weighted by atomic mass is 10.2. The van der Waals surface area contributed by atoms with Gasteiger partial charge in [-0.25, -0.2) is 4.98 Å². The summed E-state index contributed by atoms with van der Waals surface area (Å²) in [6.45, 7) is 2.14. The summed E-state index contributed by atoms with van der Waals surface area (Å²) >= 11 is 1.24. The number of carbonyl (C=O) groups excluding carboxylic acids is 1. The van der Waals surface area contributed by atoms with Crippen LogP contribution in [0.2, 0.25) is 0 Å². The molecule has 0 saturated carbocycles. The third-order valence-electron chi connectivity index (χ3n) is 2.56. The minimum Gasteiger partial charge on any atom is -0.366 e. The molecule has 2 aromatic heterocycles. The van der Waals surface area contributed by atoms with E-state index in [0.717, 1.165) is 5.69 Å². The number of aryl methyl sites for hydroxylation is 1. The minimum absolute atomic E-state index is 0.300. The Bertz CT molecular complexity index is 624. The van der Waals surface area contributed by atoms with E-state index in [9.17, 15) is 4.79 Å². The summed E-state index contributed by atoms with van der Waals surface area (Å²) in [5.74, 6) is 0.145. The van der Waals surface area contributed by atoms with E-state index >= 15 is 0 Å². The molecule has 0 aromatic carbocycles. The highest BCUT2D eigenvalue weighted by Gasteiger charge is 2.15. The fourth-order valence-corrected chi connectivity index (χ4v) is 2.46. The molecule has 0 unspecified atom stereocenters. The molecule has 0 aliphatic carbocycles. The molecule has 8 heteroatoms. The summed E-state index contributed by atoms with van der Waals surface area (Å²) < 4.78 is 1.76. The second-order valence-corrected chi connectivity index (χ2v) is 4.89. The van der Waals surface area contributed by atoms with E-state index in [2.05, 4.69) is 15.2 Å². The highest BCUT2D eigenvalue weighted by atomic mass is 32.2. The second kappa shape index (κ2) is 5.37. The normalized spacial score (nSPS) is 10.7. The van der Waals surface area contributed by atoms with Crippen LogP contribution in [-0.2, 0) is 13.6 Å². The number of pyridine rings is 1. The van der Waals surface area contributed by atoms with Crippen LogP contribution >= 0.6 is 11.8 Å². The molecule has 4 N–H and O–H groups in total. The molecule has 0 fully saturated rings. The van der Waals surface area contributed by atoms with Gasteiger partial charge in [-0.15, -0.1) is 10.2 Å². The van der Waals surface area contributed by atoms with E-state index in [1.165, 1.54) is 11.8 Å². The summed E-state index contributed by atoms with van der Waals surface area (Å²) in [4.78, 5) is 15.7. The highest BCUT2D eigenvalue weighted by molar-refractivity contribution is 7.99. The maximum atomic E-state index is 11.4. The zero-order valence-electron chi connectivity index (χ0n) is 10.6. The van der Waals surface area contributed by atoms with Gasteiger partial charge in [-0.1, -0.05) is 0 Å². The molecular weight excluding hydrogens is 264 g/mol. The summed E-state index contributed by atoms with van der Waals surface area (Å²) in [7, 11) is 1.81. The van der Waals surface area contributed by atoms with Gasteiger partial charge in [0.1, 0.15) is 10.9 Å². The Hall–Kier alpha value is -1.93. The number of carbonyl (C=O) groups is 1. The van der Waals surface area contributed by atoms with Crippen LogP contribution in [0.4, 0.5) is 0 Å². The Balaban J connectivity index is 2.39. The molecular formula is C11H14N6OS. The zero-order chi connectivity index (χ0) is 14.0. The molecule has 0 atom stereocenters. The van der Waals surface area contributed by atoms with Crippen molar-refractivity contribution in [3.05, 3.63) is 29.2 Å². The number of hydrogen-bond donors (Lipinski definition) is 2. The Kier molecular flexibility index (Phi) is 3.82. The van der Waals surface area contributed by atoms with E-state index in [0.29, 0.717) is 28.1 Å². The zero-order valence-corrected chi connectivity index (χ0v) is 11.4. The summed E-state index contributed by atoms with van der Waals surface area (Å²) in [6.07, 6.45) is 0. The molecule has 19 heavy (non-hydrogen) atoms. The third-order valence-corrected chi connectivity index (χ3v) is 3.60. The second-order valence-electron chi connectivity index (χ2n) is 3.93. The van der Waals surface area contributed by atoms with Gasteiger partial charge in [-0.05, 0) is 30.8 Å². The van der Waals surface area contributed by atoms with Crippen LogP contribution in [0.5, 0.6) is 0 Å². The first-order valence-electron chi connectivity index (χ1n) is 5.56. The first-order valence-corrected chi connectivity index (χ1v) is 6.38. The molecule has 0 bridgehead atoms. The SMILES string of the molecule is Cc1ccc(C(N)=O)c(Sc2nnc(CN)n2C)n1. The van der Waals surface area contributed by atoms with Gasteiger partial charge in [0, 0.05) is 12.7 Å². The van der Waals surface area contributed by atoms with Crippen molar-refractivity contribution in [1.29, 1.82) is 0 Å². The molecule has 100 valence electrons. The average Bonchev–Trinajstić information content (AvgIpc) is 2.70. The van der Waals surface area contributed by atoms with Crippen LogP contribution in [0.25, 0.3) is 0 Å². The average molecular weight is 278 g/mol. The standard InChI is InChI=1S/C11H14N6OS/c1-6-3-4-7(9(13)18)10(14-6)19-11-16-15-8(5-12)17(11)2/h3-4H,5,12H2,1-2H3,(H2,13,18). The van der Waals surface area contributed by atoms with Gasteiger partial charge in [0.2, 0.25) is 0 Å². The third kappa shape index (κ3) is 2.74. The molecule has 2 rings (SSSR count). The first-order chi connectivity index (χ1) is 9.02. The number of amides is 1. The number of nitrogens with zero attached hydrogens (tertiary/aromatic N) is 4. The van der Waals surface area contributed by atoms with E-state index in [4.69, 9.17) is 11.5 Å². The quantitative estimate of drug-likeness (QED) is 0.827. The lowest BCUT2D eigenvalue weighted by Crippen LogP contribution is -2.13. The molecule has 0 radical (unpaired) electrons. The Labute approximate surface area is 114 Å². The van der Waals surface area contributed by atoms with Crippen molar-refractivity contribution in [1.82, 2.24) is 19.7 Å². The molecule has 7 nitrogen and oxygen atoms in total. The lowest BCUT2D eigenvalue weighted by Gasteiger charge is -2.06. The number of nitrogens with two attached hydrogens (primary N) is 2. The van der Waals surface area contributed by atoms with Crippen molar-refractivity contribution < 1.29 is 4.79 Å². The van der Waals surface area contributed by atoms with Crippen molar-refractivity contribution in [2.75, 3.05) is 0 Å². The van der Waals surface area contributed by atoms with Gasteiger partial charge in [0.15, 0.2) is 5.16 Å². The number of aromatic nitrogens is 4. The van der Waals surface area contributed by atoms with E-state index < -0.39 is 5.91 Å². The van der Waals surface area contributed by atoms with Crippen molar-refractivity contribution >= 4 is 17.7 Å². The van der Waals surface area contributed by atoms with Crippen LogP contribution in [0.15, 0.2) is 22.3 Å². The summed E-state index contributed by atoms with van der Waals surface area (Å²) in [6, 6.07) is 3.40. The van der Waals surface area contributed by atoms with Gasteiger partial charge >= 0.3 is 0 Å². The van der Waals surface area contributed by atoms with Crippen LogP contribution in [0.1, 0.15) is 21.9 Å². The number of primary amides is 1. The van der Waals surface area contributed by atoms with Crippen molar-refractivity contribution in [3.63, 3.8) is 0 Å². The first kappa shape index (κ1) is 13.5. The smallest absolute Gasteiger partial charge is 0.251 e. The fourth-order valence-electron chi connectivity index (χ4n) is 1.50. The highest BCUT2D eigenvalue weighted by Crippen LogP contribution is 2.27. The van der Waals surface area contributed by atoms with E-state index in [1.54, 1.807) is 16.7 Å². The Morgan fingerprint density at radius 1 is 1.42 bits per heavy atom. The van der Waals surface area contributed by atoms with Gasteiger partial charge < -0.3 is 16.0 Å². The topological polar surface area (TPSA) is 113 Å². The monoisotopic (exact) mass is 278 g/mol. The van der Waals surface area contributed by atoms with Gasteiger partial charge in [-0.3, -0.25) is 4.79 Å². The van der Waals surface area contributed by atoms with Crippen molar-refractivity contribution in [2.45, 2.75) is 23.7 Å². The fraction of sp³-hybridized carbons (Fsp3) is 0.273. The summed E-state index contributed by atoms with van der Waals surface area (Å²) in [5, 5.41) is 9.10.